The number of hydrogen-bond acceptors (Lipinski definition) is 3. The maximum absolute atomic E-state index is 13.2. The molecule has 0 aromatic rings. The third-order valence-corrected chi connectivity index (χ3v) is 4.92. The van der Waals surface area contributed by atoms with Crippen LogP contribution in [0.5, 0.6) is 0 Å². The minimum absolute atomic E-state index is 0.174. The molecule has 1 aliphatic carbocycles. The molecule has 0 heterocycles. The summed E-state index contributed by atoms with van der Waals surface area (Å²) in [7, 11) is -3.74. The van der Waals surface area contributed by atoms with E-state index in [-0.39, 0.29) is 12.2 Å². The monoisotopic (exact) mass is 312 g/mol. The molecule has 1 amide bonds. The number of alkyl halides is 2. The molecule has 0 aliphatic heterocycles. The lowest BCUT2D eigenvalue weighted by molar-refractivity contribution is -0.122. The van der Waals surface area contributed by atoms with E-state index in [1.165, 1.54) is 6.92 Å². The number of nitrogens with one attached hydrogen (secondary N) is 2. The second kappa shape index (κ2) is 6.80. The molecule has 0 aromatic carbocycles. The Kier molecular flexibility index (Phi) is 5.88. The highest BCUT2D eigenvalue weighted by Gasteiger charge is 2.38. The fourth-order valence-corrected chi connectivity index (χ4v) is 4.07. The Balaban J connectivity index is 2.55. The molecule has 5 nitrogen and oxygen atoms in total. The average molecular weight is 312 g/mol. The van der Waals surface area contributed by atoms with Gasteiger partial charge in [-0.2, -0.15) is 0 Å². The molecule has 1 rings (SSSR count). The predicted molar refractivity (Wildman–Crippen MR) is 72.0 cm³/mol. The fraction of sp³-hybridized carbons (Fsp3) is 0.917. The molecule has 1 aliphatic rings. The molecule has 118 valence electrons. The second-order valence-corrected chi connectivity index (χ2v) is 7.13. The van der Waals surface area contributed by atoms with Crippen molar-refractivity contribution in [2.45, 2.75) is 51.5 Å². The predicted octanol–water partition coefficient (Wildman–Crippen LogP) is 1.26. The van der Waals surface area contributed by atoms with E-state index >= 15 is 0 Å². The van der Waals surface area contributed by atoms with Gasteiger partial charge in [0, 0.05) is 19.4 Å². The van der Waals surface area contributed by atoms with Crippen LogP contribution in [-0.2, 0) is 14.8 Å². The van der Waals surface area contributed by atoms with Gasteiger partial charge in [0.15, 0.2) is 0 Å². The number of likely N-dealkylation sites (N-methyl/N-ethyl adjacent to an activating group) is 1. The number of halogens is 2. The summed E-state index contributed by atoms with van der Waals surface area (Å²) in [5, 5.41) is 2.50. The Morgan fingerprint density at radius 3 is 2.65 bits per heavy atom. The Morgan fingerprint density at radius 1 is 1.45 bits per heavy atom. The van der Waals surface area contributed by atoms with Crippen molar-refractivity contribution in [3.05, 3.63) is 0 Å². The fourth-order valence-electron chi connectivity index (χ4n) is 2.43. The van der Waals surface area contributed by atoms with Crippen molar-refractivity contribution in [3.63, 3.8) is 0 Å². The molecular weight excluding hydrogens is 290 g/mol. The summed E-state index contributed by atoms with van der Waals surface area (Å²) in [6.45, 7) is 3.56. The van der Waals surface area contributed by atoms with Crippen LogP contribution in [0.2, 0.25) is 0 Å². The van der Waals surface area contributed by atoms with E-state index in [2.05, 4.69) is 10.0 Å². The van der Waals surface area contributed by atoms with Crippen LogP contribution in [0.4, 0.5) is 8.78 Å². The van der Waals surface area contributed by atoms with Crippen molar-refractivity contribution in [2.75, 3.05) is 12.3 Å². The van der Waals surface area contributed by atoms with Gasteiger partial charge in [-0.1, -0.05) is 0 Å². The van der Waals surface area contributed by atoms with Crippen molar-refractivity contribution in [3.8, 4) is 0 Å². The zero-order valence-corrected chi connectivity index (χ0v) is 12.6. The molecule has 0 aromatic heterocycles. The van der Waals surface area contributed by atoms with Crippen molar-refractivity contribution >= 4 is 15.9 Å². The normalized spacial score (nSPS) is 24.1. The first-order chi connectivity index (χ1) is 9.15. The zero-order valence-electron chi connectivity index (χ0n) is 11.8. The van der Waals surface area contributed by atoms with Crippen molar-refractivity contribution in [1.82, 2.24) is 10.0 Å². The first-order valence-corrected chi connectivity index (χ1v) is 8.46. The van der Waals surface area contributed by atoms with Crippen molar-refractivity contribution < 1.29 is 22.0 Å². The summed E-state index contributed by atoms with van der Waals surface area (Å²) >= 11 is 0. The summed E-state index contributed by atoms with van der Waals surface area (Å²) in [5.74, 6) is -4.11. The largest absolute Gasteiger partial charge is 0.355 e. The highest BCUT2D eigenvalue weighted by atomic mass is 32.2. The van der Waals surface area contributed by atoms with Crippen molar-refractivity contribution in [1.29, 1.82) is 0 Å². The lowest BCUT2D eigenvalue weighted by Crippen LogP contribution is -2.46. The van der Waals surface area contributed by atoms with Crippen LogP contribution in [0.3, 0.4) is 0 Å². The van der Waals surface area contributed by atoms with Crippen LogP contribution in [0, 0.1) is 5.92 Å². The molecule has 0 radical (unpaired) electrons. The maximum Gasteiger partial charge on any atom is 0.248 e. The molecule has 0 saturated heterocycles. The number of sulfonamides is 1. The van der Waals surface area contributed by atoms with Gasteiger partial charge >= 0.3 is 0 Å². The average Bonchev–Trinajstić information content (AvgIpc) is 2.26. The quantitative estimate of drug-likeness (QED) is 0.775. The first-order valence-electron chi connectivity index (χ1n) is 6.81. The van der Waals surface area contributed by atoms with Gasteiger partial charge in [-0.3, -0.25) is 4.79 Å². The third kappa shape index (κ3) is 5.70. The highest BCUT2D eigenvalue weighted by molar-refractivity contribution is 7.89. The maximum atomic E-state index is 13.2. The summed E-state index contributed by atoms with van der Waals surface area (Å²) in [6.07, 6.45) is 0.237. The lowest BCUT2D eigenvalue weighted by Gasteiger charge is -2.28. The Labute approximate surface area is 118 Å². The van der Waals surface area contributed by atoms with Gasteiger partial charge in [0.05, 0.1) is 11.8 Å². The van der Waals surface area contributed by atoms with Gasteiger partial charge in [0.1, 0.15) is 0 Å². The van der Waals surface area contributed by atoms with Crippen molar-refractivity contribution in [2.24, 2.45) is 5.92 Å². The molecule has 20 heavy (non-hydrogen) atoms. The highest BCUT2D eigenvalue weighted by Crippen LogP contribution is 2.37. The molecule has 8 heteroatoms. The Hall–Kier alpha value is -0.760. The molecule has 0 unspecified atom stereocenters. The number of amides is 1. The van der Waals surface area contributed by atoms with Crippen LogP contribution in [0.25, 0.3) is 0 Å². The van der Waals surface area contributed by atoms with Gasteiger partial charge in [0.25, 0.3) is 0 Å². The minimum atomic E-state index is -3.74. The molecule has 0 spiro atoms. The third-order valence-electron chi connectivity index (χ3n) is 3.30. The van der Waals surface area contributed by atoms with Gasteiger partial charge in [-0.05, 0) is 32.6 Å². The molecule has 1 saturated carbocycles. The van der Waals surface area contributed by atoms with Crippen LogP contribution in [0.15, 0.2) is 0 Å². The van der Waals surface area contributed by atoms with Gasteiger partial charge < -0.3 is 5.32 Å². The molecule has 2 N–H and O–H groups in total. The van der Waals surface area contributed by atoms with E-state index in [1.54, 1.807) is 6.92 Å². The molecule has 2 atom stereocenters. The Morgan fingerprint density at radius 2 is 2.10 bits per heavy atom. The molecule has 0 bridgehead atoms. The topological polar surface area (TPSA) is 75.3 Å². The first kappa shape index (κ1) is 17.3. The summed E-state index contributed by atoms with van der Waals surface area (Å²) in [5.41, 5.74) is 0. The van der Waals surface area contributed by atoms with Crippen LogP contribution in [0.1, 0.15) is 39.5 Å². The number of rotatable bonds is 6. The number of carbonyl (C=O) groups is 1. The van der Waals surface area contributed by atoms with Gasteiger partial charge in [-0.25, -0.2) is 21.9 Å². The van der Waals surface area contributed by atoms with Crippen LogP contribution in [-0.4, -0.2) is 38.6 Å². The van der Waals surface area contributed by atoms with Crippen LogP contribution < -0.4 is 10.0 Å². The van der Waals surface area contributed by atoms with Crippen LogP contribution >= 0.6 is 0 Å². The standard InChI is InChI=1S/C12H22F2N2O3S/c1-3-15-11(17)9(2)16-20(18,19)8-10-5-4-6-12(13,14)7-10/h9-10,16H,3-8H2,1-2H3,(H,15,17)/t9-,10+/m0/s1. The van der Waals surface area contributed by atoms with E-state index in [0.29, 0.717) is 19.4 Å². The van der Waals surface area contributed by atoms with E-state index in [1.807, 2.05) is 0 Å². The summed E-state index contributed by atoms with van der Waals surface area (Å²) < 4.78 is 52.5. The minimum Gasteiger partial charge on any atom is -0.355 e. The molecular formula is C12H22F2N2O3S. The number of hydrogen-bond donors (Lipinski definition) is 2. The van der Waals surface area contributed by atoms with E-state index in [0.717, 1.165) is 0 Å². The number of carbonyl (C=O) groups excluding carboxylic acids is 1. The summed E-state index contributed by atoms with van der Waals surface area (Å²) in [6, 6.07) is -0.899. The SMILES string of the molecule is CCNC(=O)[C@H](C)NS(=O)(=O)C[C@@H]1CCCC(F)(F)C1. The lowest BCUT2D eigenvalue weighted by atomic mass is 9.88. The smallest absolute Gasteiger partial charge is 0.248 e. The van der Waals surface area contributed by atoms with Gasteiger partial charge in [0.2, 0.25) is 21.9 Å². The second-order valence-electron chi connectivity index (χ2n) is 5.33. The van der Waals surface area contributed by atoms with E-state index in [4.69, 9.17) is 0 Å². The van der Waals surface area contributed by atoms with E-state index in [9.17, 15) is 22.0 Å². The van der Waals surface area contributed by atoms with E-state index < -0.39 is 40.2 Å². The Bertz CT molecular complexity index is 440. The molecule has 1 fully saturated rings. The summed E-state index contributed by atoms with van der Waals surface area (Å²) in [4.78, 5) is 11.5. The van der Waals surface area contributed by atoms with Gasteiger partial charge in [-0.15, -0.1) is 0 Å². The zero-order chi connectivity index (χ0) is 15.4.